The largest absolute Gasteiger partial charge is 0.355 e. The van der Waals surface area contributed by atoms with Crippen LogP contribution >= 0.6 is 11.6 Å². The molecule has 0 radical (unpaired) electrons. The Balaban J connectivity index is 2.08. The predicted octanol–water partition coefficient (Wildman–Crippen LogP) is 2.48. The standard InChI is InChI=1S/C16H18ClN3O2/c1-2-3-8-18-15(21)10-20-11-19-14(9-16(20)22)12-4-6-13(17)7-5-12/h4-7,9,11H,2-3,8,10H2,1H3,(H,18,21). The lowest BCUT2D eigenvalue weighted by Gasteiger charge is -2.07. The summed E-state index contributed by atoms with van der Waals surface area (Å²) >= 11 is 5.83. The number of hydrogen-bond donors (Lipinski definition) is 1. The van der Waals surface area contributed by atoms with Crippen molar-refractivity contribution in [2.75, 3.05) is 6.54 Å². The van der Waals surface area contributed by atoms with Gasteiger partial charge in [-0.05, 0) is 18.6 Å². The monoisotopic (exact) mass is 319 g/mol. The lowest BCUT2D eigenvalue weighted by Crippen LogP contribution is -2.32. The number of halogens is 1. The number of rotatable bonds is 6. The fourth-order valence-corrected chi connectivity index (χ4v) is 2.06. The van der Waals surface area contributed by atoms with Gasteiger partial charge >= 0.3 is 0 Å². The van der Waals surface area contributed by atoms with E-state index in [2.05, 4.69) is 17.2 Å². The van der Waals surface area contributed by atoms with Crippen LogP contribution in [0.2, 0.25) is 5.02 Å². The fraction of sp³-hybridized carbons (Fsp3) is 0.312. The normalized spacial score (nSPS) is 10.5. The van der Waals surface area contributed by atoms with Crippen molar-refractivity contribution >= 4 is 17.5 Å². The van der Waals surface area contributed by atoms with Crippen molar-refractivity contribution in [3.05, 3.63) is 52.0 Å². The van der Waals surface area contributed by atoms with Crippen LogP contribution < -0.4 is 10.9 Å². The lowest BCUT2D eigenvalue weighted by atomic mass is 10.1. The summed E-state index contributed by atoms with van der Waals surface area (Å²) in [5, 5.41) is 3.40. The maximum absolute atomic E-state index is 12.1. The third kappa shape index (κ3) is 4.43. The van der Waals surface area contributed by atoms with E-state index in [0.717, 1.165) is 18.4 Å². The number of nitrogens with zero attached hydrogens (tertiary/aromatic N) is 2. The number of benzene rings is 1. The smallest absolute Gasteiger partial charge is 0.254 e. The molecule has 0 atom stereocenters. The second-order valence-corrected chi connectivity index (χ2v) is 5.39. The van der Waals surface area contributed by atoms with E-state index in [1.54, 1.807) is 24.3 Å². The molecule has 1 amide bonds. The summed E-state index contributed by atoms with van der Waals surface area (Å²) in [7, 11) is 0. The first kappa shape index (κ1) is 16.2. The second kappa shape index (κ2) is 7.75. The first-order valence-electron chi connectivity index (χ1n) is 7.19. The molecular weight excluding hydrogens is 302 g/mol. The number of nitrogens with one attached hydrogen (secondary N) is 1. The van der Waals surface area contributed by atoms with Crippen molar-refractivity contribution in [1.29, 1.82) is 0 Å². The Bertz CT molecular complexity index is 695. The SMILES string of the molecule is CCCCNC(=O)Cn1cnc(-c2ccc(Cl)cc2)cc1=O. The highest BCUT2D eigenvalue weighted by molar-refractivity contribution is 6.30. The first-order valence-corrected chi connectivity index (χ1v) is 7.57. The third-order valence-corrected chi connectivity index (χ3v) is 3.44. The van der Waals surface area contributed by atoms with Crippen molar-refractivity contribution in [3.63, 3.8) is 0 Å². The van der Waals surface area contributed by atoms with Gasteiger partial charge in [-0.25, -0.2) is 4.98 Å². The zero-order chi connectivity index (χ0) is 15.9. The summed E-state index contributed by atoms with van der Waals surface area (Å²) in [5.41, 5.74) is 1.11. The van der Waals surface area contributed by atoms with E-state index < -0.39 is 0 Å². The zero-order valence-electron chi connectivity index (χ0n) is 12.4. The van der Waals surface area contributed by atoms with E-state index in [4.69, 9.17) is 11.6 Å². The Labute approximate surface area is 134 Å². The average Bonchev–Trinajstić information content (AvgIpc) is 2.50. The average molecular weight is 320 g/mol. The molecule has 1 aromatic heterocycles. The van der Waals surface area contributed by atoms with Crippen molar-refractivity contribution < 1.29 is 4.79 Å². The molecule has 1 N–H and O–H groups in total. The van der Waals surface area contributed by atoms with Gasteiger partial charge in [0, 0.05) is 23.2 Å². The van der Waals surface area contributed by atoms with E-state index in [1.165, 1.54) is 17.0 Å². The molecule has 0 saturated heterocycles. The van der Waals surface area contributed by atoms with Crippen LogP contribution in [0.4, 0.5) is 0 Å². The van der Waals surface area contributed by atoms with Gasteiger partial charge in [0.15, 0.2) is 0 Å². The predicted molar refractivity (Wildman–Crippen MR) is 86.9 cm³/mol. The quantitative estimate of drug-likeness (QED) is 0.832. The zero-order valence-corrected chi connectivity index (χ0v) is 13.1. The second-order valence-electron chi connectivity index (χ2n) is 4.95. The summed E-state index contributed by atoms with van der Waals surface area (Å²) in [6.45, 7) is 2.66. The van der Waals surface area contributed by atoms with Crippen LogP contribution in [0.5, 0.6) is 0 Å². The number of carbonyl (C=O) groups excluding carboxylic acids is 1. The minimum absolute atomic E-state index is 0.0174. The van der Waals surface area contributed by atoms with Crippen LogP contribution in [-0.4, -0.2) is 22.0 Å². The molecule has 0 spiro atoms. The van der Waals surface area contributed by atoms with Gasteiger partial charge in [0.1, 0.15) is 6.54 Å². The summed E-state index contributed by atoms with van der Waals surface area (Å²) < 4.78 is 1.29. The van der Waals surface area contributed by atoms with Crippen molar-refractivity contribution in [2.45, 2.75) is 26.3 Å². The summed E-state index contributed by atoms with van der Waals surface area (Å²) in [6.07, 6.45) is 3.33. The topological polar surface area (TPSA) is 64.0 Å². The van der Waals surface area contributed by atoms with E-state index in [1.807, 2.05) is 0 Å². The van der Waals surface area contributed by atoms with Crippen LogP contribution in [0.15, 0.2) is 41.5 Å². The minimum atomic E-state index is -0.259. The van der Waals surface area contributed by atoms with Crippen LogP contribution in [0.25, 0.3) is 11.3 Å². The molecule has 0 fully saturated rings. The van der Waals surface area contributed by atoms with Gasteiger partial charge in [0.05, 0.1) is 12.0 Å². The molecule has 22 heavy (non-hydrogen) atoms. The molecule has 1 heterocycles. The molecule has 0 aliphatic carbocycles. The number of hydrogen-bond acceptors (Lipinski definition) is 3. The maximum atomic E-state index is 12.1. The highest BCUT2D eigenvalue weighted by atomic mass is 35.5. The Hall–Kier alpha value is -2.14. The number of aromatic nitrogens is 2. The number of carbonyl (C=O) groups is 1. The minimum Gasteiger partial charge on any atom is -0.355 e. The molecule has 6 heteroatoms. The molecular formula is C16H18ClN3O2. The van der Waals surface area contributed by atoms with Gasteiger partial charge in [-0.3, -0.25) is 14.2 Å². The Morgan fingerprint density at radius 3 is 2.68 bits per heavy atom. The molecule has 2 rings (SSSR count). The van der Waals surface area contributed by atoms with Gasteiger partial charge in [0.2, 0.25) is 5.91 Å². The molecule has 0 aliphatic rings. The van der Waals surface area contributed by atoms with Crippen molar-refractivity contribution in [3.8, 4) is 11.3 Å². The van der Waals surface area contributed by atoms with Gasteiger partial charge in [0.25, 0.3) is 5.56 Å². The van der Waals surface area contributed by atoms with E-state index in [9.17, 15) is 9.59 Å². The van der Waals surface area contributed by atoms with Crippen LogP contribution in [0.3, 0.4) is 0 Å². The fourth-order valence-electron chi connectivity index (χ4n) is 1.94. The maximum Gasteiger partial charge on any atom is 0.254 e. The summed E-state index contributed by atoms with van der Waals surface area (Å²) in [5.74, 6) is -0.184. The lowest BCUT2D eigenvalue weighted by molar-refractivity contribution is -0.121. The summed E-state index contributed by atoms with van der Waals surface area (Å²) in [4.78, 5) is 28.0. The van der Waals surface area contributed by atoms with E-state index >= 15 is 0 Å². The molecule has 1 aromatic carbocycles. The Kier molecular flexibility index (Phi) is 5.72. The van der Waals surface area contributed by atoms with E-state index in [-0.39, 0.29) is 18.0 Å². The first-order chi connectivity index (χ1) is 10.6. The van der Waals surface area contributed by atoms with Gasteiger partial charge < -0.3 is 5.32 Å². The van der Waals surface area contributed by atoms with Gasteiger partial charge in [-0.2, -0.15) is 0 Å². The molecule has 116 valence electrons. The van der Waals surface area contributed by atoms with Crippen LogP contribution in [-0.2, 0) is 11.3 Å². The Morgan fingerprint density at radius 2 is 2.05 bits per heavy atom. The van der Waals surface area contributed by atoms with Crippen LogP contribution in [0.1, 0.15) is 19.8 Å². The van der Waals surface area contributed by atoms with Gasteiger partial charge in [-0.1, -0.05) is 37.1 Å². The molecule has 0 unspecified atom stereocenters. The molecule has 0 saturated carbocycles. The number of unbranched alkanes of at least 4 members (excludes halogenated alkanes) is 1. The molecule has 0 bridgehead atoms. The van der Waals surface area contributed by atoms with Crippen molar-refractivity contribution in [2.24, 2.45) is 0 Å². The molecule has 5 nitrogen and oxygen atoms in total. The number of amides is 1. The van der Waals surface area contributed by atoms with E-state index in [0.29, 0.717) is 17.3 Å². The highest BCUT2D eigenvalue weighted by Crippen LogP contribution is 2.17. The molecule has 0 aliphatic heterocycles. The van der Waals surface area contributed by atoms with Gasteiger partial charge in [-0.15, -0.1) is 0 Å². The summed E-state index contributed by atoms with van der Waals surface area (Å²) in [6, 6.07) is 8.50. The van der Waals surface area contributed by atoms with Crippen molar-refractivity contribution in [1.82, 2.24) is 14.9 Å². The van der Waals surface area contributed by atoms with Crippen LogP contribution in [0, 0.1) is 0 Å². The highest BCUT2D eigenvalue weighted by Gasteiger charge is 2.06. The molecule has 2 aromatic rings. The Morgan fingerprint density at radius 1 is 1.32 bits per heavy atom. The third-order valence-electron chi connectivity index (χ3n) is 3.19.